The Kier molecular flexibility index (Phi) is 4.56. The molecule has 0 bridgehead atoms. The number of rotatable bonds is 4. The van der Waals surface area contributed by atoms with Crippen molar-refractivity contribution < 1.29 is 4.39 Å². The lowest BCUT2D eigenvalue weighted by Gasteiger charge is -2.21. The predicted octanol–water partition coefficient (Wildman–Crippen LogP) is 4.15. The van der Waals surface area contributed by atoms with Gasteiger partial charge in [-0.2, -0.15) is 0 Å². The van der Waals surface area contributed by atoms with Crippen LogP contribution in [-0.2, 0) is 6.42 Å². The van der Waals surface area contributed by atoms with Crippen molar-refractivity contribution in [1.82, 2.24) is 0 Å². The lowest BCUT2D eigenvalue weighted by Crippen LogP contribution is -2.26. The van der Waals surface area contributed by atoms with Crippen LogP contribution in [0.3, 0.4) is 0 Å². The number of benzene rings is 2. The Hall–Kier alpha value is -1.38. The molecule has 0 aliphatic heterocycles. The van der Waals surface area contributed by atoms with Gasteiger partial charge in [-0.25, -0.2) is 4.39 Å². The Bertz CT molecular complexity index is 537. The first kappa shape index (κ1) is 14.0. The summed E-state index contributed by atoms with van der Waals surface area (Å²) in [4.78, 5) is 0. The van der Waals surface area contributed by atoms with Gasteiger partial charge in [0.15, 0.2) is 0 Å². The molecular formula is C16H17ClFN. The van der Waals surface area contributed by atoms with Crippen LogP contribution in [0.25, 0.3) is 0 Å². The third kappa shape index (κ3) is 3.79. The van der Waals surface area contributed by atoms with Gasteiger partial charge in [-0.1, -0.05) is 35.9 Å². The second-order valence-corrected chi connectivity index (χ2v) is 5.29. The van der Waals surface area contributed by atoms with Crippen LogP contribution in [0.1, 0.15) is 24.0 Å². The summed E-state index contributed by atoms with van der Waals surface area (Å²) >= 11 is 5.87. The van der Waals surface area contributed by atoms with Crippen molar-refractivity contribution >= 4 is 11.6 Å². The van der Waals surface area contributed by atoms with Gasteiger partial charge in [-0.05, 0) is 48.7 Å². The van der Waals surface area contributed by atoms with E-state index < -0.39 is 0 Å². The van der Waals surface area contributed by atoms with Crippen LogP contribution in [0.5, 0.6) is 0 Å². The van der Waals surface area contributed by atoms with E-state index in [0.29, 0.717) is 5.02 Å². The summed E-state index contributed by atoms with van der Waals surface area (Å²) in [6.45, 7) is 1.95. The van der Waals surface area contributed by atoms with Gasteiger partial charge in [0.05, 0.1) is 0 Å². The van der Waals surface area contributed by atoms with E-state index in [4.69, 9.17) is 17.3 Å². The van der Waals surface area contributed by atoms with Crippen LogP contribution < -0.4 is 5.73 Å². The molecule has 0 radical (unpaired) electrons. The van der Waals surface area contributed by atoms with E-state index in [9.17, 15) is 4.39 Å². The topological polar surface area (TPSA) is 26.0 Å². The second kappa shape index (κ2) is 6.18. The molecule has 2 N–H and O–H groups in total. The molecule has 1 nitrogen and oxygen atoms in total. The van der Waals surface area contributed by atoms with Gasteiger partial charge < -0.3 is 5.73 Å². The average Bonchev–Trinajstić information content (AvgIpc) is 2.37. The van der Waals surface area contributed by atoms with E-state index in [-0.39, 0.29) is 17.8 Å². The van der Waals surface area contributed by atoms with Gasteiger partial charge in [-0.15, -0.1) is 0 Å². The summed E-state index contributed by atoms with van der Waals surface area (Å²) in [6, 6.07) is 14.3. The molecule has 2 aromatic carbocycles. The first-order chi connectivity index (χ1) is 9.06. The minimum atomic E-state index is -0.223. The number of hydrogen-bond acceptors (Lipinski definition) is 1. The molecule has 0 saturated heterocycles. The predicted molar refractivity (Wildman–Crippen MR) is 77.9 cm³/mol. The highest BCUT2D eigenvalue weighted by atomic mass is 35.5. The lowest BCUT2D eigenvalue weighted by molar-refractivity contribution is 0.557. The molecule has 0 aliphatic carbocycles. The van der Waals surface area contributed by atoms with Crippen LogP contribution in [-0.4, -0.2) is 6.04 Å². The molecule has 19 heavy (non-hydrogen) atoms. The molecule has 2 aromatic rings. The van der Waals surface area contributed by atoms with Crippen LogP contribution in [0.2, 0.25) is 5.02 Å². The Morgan fingerprint density at radius 3 is 2.42 bits per heavy atom. The highest BCUT2D eigenvalue weighted by Gasteiger charge is 2.17. The van der Waals surface area contributed by atoms with Gasteiger partial charge in [0.25, 0.3) is 0 Å². The van der Waals surface area contributed by atoms with Crippen molar-refractivity contribution in [2.75, 3.05) is 0 Å². The summed E-state index contributed by atoms with van der Waals surface area (Å²) in [5, 5.41) is 0.715. The zero-order chi connectivity index (χ0) is 13.8. The first-order valence-corrected chi connectivity index (χ1v) is 6.69. The highest BCUT2D eigenvalue weighted by Crippen LogP contribution is 2.25. The number of hydrogen-bond donors (Lipinski definition) is 1. The fraction of sp³-hybridized carbons (Fsp3) is 0.250. The van der Waals surface area contributed by atoms with Crippen molar-refractivity contribution in [3.63, 3.8) is 0 Å². The molecule has 0 amide bonds. The van der Waals surface area contributed by atoms with Gasteiger partial charge in [0.1, 0.15) is 5.82 Å². The number of nitrogens with two attached hydrogens (primary N) is 1. The zero-order valence-corrected chi connectivity index (χ0v) is 11.6. The largest absolute Gasteiger partial charge is 0.327 e. The molecule has 2 atom stereocenters. The molecule has 0 heterocycles. The summed E-state index contributed by atoms with van der Waals surface area (Å²) in [7, 11) is 0. The maximum absolute atomic E-state index is 13.3. The second-order valence-electron chi connectivity index (χ2n) is 4.85. The van der Waals surface area contributed by atoms with Crippen molar-refractivity contribution in [3.8, 4) is 0 Å². The van der Waals surface area contributed by atoms with Gasteiger partial charge in [0.2, 0.25) is 0 Å². The van der Waals surface area contributed by atoms with E-state index in [1.807, 2.05) is 37.3 Å². The molecule has 2 rings (SSSR count). The minimum absolute atomic E-state index is 0.0440. The molecule has 0 aliphatic rings. The minimum Gasteiger partial charge on any atom is -0.327 e. The number of halogens is 2. The van der Waals surface area contributed by atoms with E-state index >= 15 is 0 Å². The van der Waals surface area contributed by atoms with Crippen molar-refractivity contribution in [1.29, 1.82) is 0 Å². The first-order valence-electron chi connectivity index (χ1n) is 6.32. The molecule has 3 heteroatoms. The highest BCUT2D eigenvalue weighted by molar-refractivity contribution is 6.30. The van der Waals surface area contributed by atoms with Crippen molar-refractivity contribution in [3.05, 3.63) is 70.5 Å². The van der Waals surface area contributed by atoms with Crippen LogP contribution in [0, 0.1) is 5.82 Å². The smallest absolute Gasteiger partial charge is 0.123 e. The fourth-order valence-corrected chi connectivity index (χ4v) is 2.34. The van der Waals surface area contributed by atoms with E-state index in [1.165, 1.54) is 6.07 Å². The zero-order valence-electron chi connectivity index (χ0n) is 10.8. The SMILES string of the molecule is CC(N)C(Cc1ccc(Cl)cc1)c1cccc(F)c1. The van der Waals surface area contributed by atoms with E-state index in [0.717, 1.165) is 17.5 Å². The molecule has 0 spiro atoms. The van der Waals surface area contributed by atoms with Crippen molar-refractivity contribution in [2.24, 2.45) is 5.73 Å². The molecule has 0 aromatic heterocycles. The maximum atomic E-state index is 13.3. The third-order valence-corrected chi connectivity index (χ3v) is 3.53. The maximum Gasteiger partial charge on any atom is 0.123 e. The summed E-state index contributed by atoms with van der Waals surface area (Å²) in [5.74, 6) is -0.129. The van der Waals surface area contributed by atoms with Crippen LogP contribution in [0.4, 0.5) is 4.39 Å². The Morgan fingerprint density at radius 2 is 1.84 bits per heavy atom. The molecule has 100 valence electrons. The molecule has 0 saturated carbocycles. The van der Waals surface area contributed by atoms with E-state index in [1.54, 1.807) is 12.1 Å². The summed E-state index contributed by atoms with van der Waals surface area (Å²) in [6.07, 6.45) is 0.776. The third-order valence-electron chi connectivity index (χ3n) is 3.28. The quantitative estimate of drug-likeness (QED) is 0.892. The van der Waals surface area contributed by atoms with Crippen LogP contribution in [0.15, 0.2) is 48.5 Å². The summed E-state index contributed by atoms with van der Waals surface area (Å²) < 4.78 is 13.3. The summed E-state index contributed by atoms with van der Waals surface area (Å²) in [5.41, 5.74) is 8.13. The molecule has 2 unspecified atom stereocenters. The Morgan fingerprint density at radius 1 is 1.16 bits per heavy atom. The van der Waals surface area contributed by atoms with E-state index in [2.05, 4.69) is 0 Å². The van der Waals surface area contributed by atoms with Gasteiger partial charge in [0, 0.05) is 17.0 Å². The van der Waals surface area contributed by atoms with Gasteiger partial charge >= 0.3 is 0 Å². The lowest BCUT2D eigenvalue weighted by atomic mass is 9.87. The van der Waals surface area contributed by atoms with Crippen LogP contribution >= 0.6 is 11.6 Å². The molecular weight excluding hydrogens is 261 g/mol. The Balaban J connectivity index is 2.23. The standard InChI is InChI=1S/C16H17ClFN/c1-11(19)16(13-3-2-4-15(18)10-13)9-12-5-7-14(17)8-6-12/h2-8,10-11,16H,9,19H2,1H3. The van der Waals surface area contributed by atoms with Gasteiger partial charge in [-0.3, -0.25) is 0 Å². The average molecular weight is 278 g/mol. The van der Waals surface area contributed by atoms with Crippen molar-refractivity contribution in [2.45, 2.75) is 25.3 Å². The molecule has 0 fully saturated rings. The normalized spacial score (nSPS) is 14.1. The fourth-order valence-electron chi connectivity index (χ4n) is 2.22. The Labute approximate surface area is 118 Å². The monoisotopic (exact) mass is 277 g/mol.